The summed E-state index contributed by atoms with van der Waals surface area (Å²) in [7, 11) is 0. The standard InChI is InChI=1S/C64H46BN3O/c1-63(2)31-32-64(3)49-16-10-15-46(33-49)47-25-30-56-55(34-47)65-60-52-37-54(64)53(63)38-59(52)69-62(60)68(51-28-23-44(24-29-51)42-13-8-5-9-14-42)58-36-48(45-19-17-40(39-66)18-20-45)35-57(61(58)65)67(56)50-26-21-43(22-27-50)41-11-6-4-7-12-41/h4-30,33-38H,31-32H2,1-3H3. The average Bonchev–Trinajstić information content (AvgIpc) is 3.78. The van der Waals surface area contributed by atoms with E-state index in [2.05, 4.69) is 225 Å². The van der Waals surface area contributed by atoms with Crippen molar-refractivity contribution in [3.63, 3.8) is 0 Å². The number of anilines is 6. The summed E-state index contributed by atoms with van der Waals surface area (Å²) in [6.45, 7) is 7.14. The van der Waals surface area contributed by atoms with E-state index < -0.39 is 0 Å². The van der Waals surface area contributed by atoms with Gasteiger partial charge in [0.15, 0.2) is 0 Å². The summed E-state index contributed by atoms with van der Waals surface area (Å²) in [5, 5.41) is 11.0. The van der Waals surface area contributed by atoms with E-state index in [-0.39, 0.29) is 17.5 Å². The highest BCUT2D eigenvalue weighted by Gasteiger charge is 2.48. The molecule has 0 radical (unpaired) electrons. The van der Waals surface area contributed by atoms with Crippen molar-refractivity contribution in [1.82, 2.24) is 0 Å². The second-order valence-electron chi connectivity index (χ2n) is 20.3. The van der Waals surface area contributed by atoms with Crippen LogP contribution in [0.5, 0.6) is 0 Å². The number of nitrogens with zero attached hydrogens (tertiary/aromatic N) is 3. The summed E-state index contributed by atoms with van der Waals surface area (Å²) in [6, 6.07) is 75.8. The van der Waals surface area contributed by atoms with Crippen LogP contribution < -0.4 is 26.2 Å². The third-order valence-corrected chi connectivity index (χ3v) is 16.0. The van der Waals surface area contributed by atoms with E-state index >= 15 is 0 Å². The molecule has 1 aromatic heterocycles. The molecule has 5 heteroatoms. The van der Waals surface area contributed by atoms with Crippen LogP contribution in [0.15, 0.2) is 205 Å². The van der Waals surface area contributed by atoms with Crippen LogP contribution in [-0.2, 0) is 10.8 Å². The number of hydrogen-bond donors (Lipinski definition) is 0. The molecule has 6 bridgehead atoms. The quantitative estimate of drug-likeness (QED) is 0.162. The molecule has 1 aliphatic carbocycles. The van der Waals surface area contributed by atoms with Gasteiger partial charge in [0.2, 0.25) is 5.88 Å². The van der Waals surface area contributed by atoms with Crippen molar-refractivity contribution in [2.24, 2.45) is 0 Å². The Bertz CT molecular complexity index is 3770. The molecule has 0 amide bonds. The van der Waals surface area contributed by atoms with Crippen molar-refractivity contribution in [2.75, 3.05) is 9.80 Å². The Morgan fingerprint density at radius 3 is 1.71 bits per heavy atom. The number of nitriles is 1. The number of furan rings is 1. The average molecular weight is 884 g/mol. The molecule has 0 saturated heterocycles. The van der Waals surface area contributed by atoms with Crippen LogP contribution in [0.1, 0.15) is 55.9 Å². The molecule has 326 valence electrons. The van der Waals surface area contributed by atoms with Crippen molar-refractivity contribution in [3.8, 4) is 50.6 Å². The molecule has 1 unspecified atom stereocenters. The SMILES string of the molecule is CC1(C)CCC2(C)c3cccc(c3)-c3ccc4c(c3)B3c5c(cc(-c6ccc(C#N)cc6)cc5N(c5ccc(-c6ccccc6)cc5)c5oc6cc1c2cc6c53)N4c1ccc(-c2ccccc2)cc1. The third-order valence-electron chi connectivity index (χ3n) is 16.0. The van der Waals surface area contributed by atoms with Crippen molar-refractivity contribution in [1.29, 1.82) is 5.26 Å². The van der Waals surface area contributed by atoms with E-state index in [0.717, 1.165) is 69.4 Å². The summed E-state index contributed by atoms with van der Waals surface area (Å²) in [5.74, 6) is 0.854. The Balaban J connectivity index is 1.11. The Morgan fingerprint density at radius 1 is 0.478 bits per heavy atom. The van der Waals surface area contributed by atoms with E-state index in [9.17, 15) is 5.26 Å². The highest BCUT2D eigenvalue weighted by Crippen LogP contribution is 2.53. The van der Waals surface area contributed by atoms with Gasteiger partial charge in [-0.15, -0.1) is 0 Å². The summed E-state index contributed by atoms with van der Waals surface area (Å²) in [6.07, 6.45) is 2.13. The van der Waals surface area contributed by atoms with Gasteiger partial charge in [0, 0.05) is 44.7 Å². The van der Waals surface area contributed by atoms with E-state index in [1.54, 1.807) is 0 Å². The molecule has 4 aliphatic rings. The minimum atomic E-state index is -0.197. The number of hydrogen-bond acceptors (Lipinski definition) is 4. The van der Waals surface area contributed by atoms with Crippen molar-refractivity contribution in [3.05, 3.63) is 222 Å². The molecular weight excluding hydrogens is 838 g/mol. The molecule has 0 spiro atoms. The first-order chi connectivity index (χ1) is 33.7. The smallest absolute Gasteiger partial charge is 0.257 e. The predicted octanol–water partition coefficient (Wildman–Crippen LogP) is 14.7. The van der Waals surface area contributed by atoms with Gasteiger partial charge in [-0.1, -0.05) is 154 Å². The van der Waals surface area contributed by atoms with Gasteiger partial charge in [-0.2, -0.15) is 5.26 Å². The zero-order valence-corrected chi connectivity index (χ0v) is 38.8. The Labute approximate surface area is 403 Å². The Morgan fingerprint density at radius 2 is 1.04 bits per heavy atom. The first kappa shape index (κ1) is 39.8. The molecule has 0 fully saturated rings. The lowest BCUT2D eigenvalue weighted by molar-refractivity contribution is 0.350. The lowest BCUT2D eigenvalue weighted by Crippen LogP contribution is -2.61. The van der Waals surface area contributed by atoms with Crippen LogP contribution in [-0.4, -0.2) is 6.71 Å². The van der Waals surface area contributed by atoms with Gasteiger partial charge in [-0.3, -0.25) is 4.90 Å². The number of benzene rings is 9. The number of rotatable bonds is 5. The van der Waals surface area contributed by atoms with Gasteiger partial charge in [0.25, 0.3) is 6.71 Å². The maximum absolute atomic E-state index is 9.86. The van der Waals surface area contributed by atoms with Gasteiger partial charge < -0.3 is 9.32 Å². The van der Waals surface area contributed by atoms with Gasteiger partial charge in [0.1, 0.15) is 5.58 Å². The van der Waals surface area contributed by atoms with E-state index in [1.807, 2.05) is 12.1 Å². The largest absolute Gasteiger partial charge is 0.440 e. The van der Waals surface area contributed by atoms with Crippen LogP contribution in [0, 0.1) is 11.3 Å². The zero-order chi connectivity index (χ0) is 46.2. The summed E-state index contributed by atoms with van der Waals surface area (Å²) >= 11 is 0. The molecule has 0 N–H and O–H groups in total. The molecule has 9 aromatic carbocycles. The summed E-state index contributed by atoms with van der Waals surface area (Å²) in [5.41, 5.74) is 23.8. The fourth-order valence-electron chi connectivity index (χ4n) is 12.2. The normalized spacial score (nSPS) is 16.6. The van der Waals surface area contributed by atoms with Crippen molar-refractivity contribution < 1.29 is 4.42 Å². The van der Waals surface area contributed by atoms with Crippen LogP contribution in [0.25, 0.3) is 55.5 Å². The minimum absolute atomic E-state index is 0.0387. The maximum Gasteiger partial charge on any atom is 0.257 e. The first-order valence-electron chi connectivity index (χ1n) is 24.2. The highest BCUT2D eigenvalue weighted by atomic mass is 16.4. The lowest BCUT2D eigenvalue weighted by atomic mass is 9.33. The van der Waals surface area contributed by atoms with Crippen molar-refractivity contribution in [2.45, 2.75) is 44.4 Å². The van der Waals surface area contributed by atoms with Crippen LogP contribution in [0.2, 0.25) is 0 Å². The van der Waals surface area contributed by atoms with Crippen molar-refractivity contribution >= 4 is 68.4 Å². The highest BCUT2D eigenvalue weighted by molar-refractivity contribution is 7.01. The van der Waals surface area contributed by atoms with E-state index in [4.69, 9.17) is 4.42 Å². The van der Waals surface area contributed by atoms with Gasteiger partial charge in [0.05, 0.1) is 11.6 Å². The molecule has 1 atom stereocenters. The van der Waals surface area contributed by atoms with E-state index in [1.165, 1.54) is 66.3 Å². The molecule has 0 saturated carbocycles. The van der Waals surface area contributed by atoms with Crippen LogP contribution in [0.3, 0.4) is 0 Å². The van der Waals surface area contributed by atoms with E-state index in [0.29, 0.717) is 5.56 Å². The maximum atomic E-state index is 9.86. The molecule has 4 nitrogen and oxygen atoms in total. The fourth-order valence-corrected chi connectivity index (χ4v) is 12.2. The second kappa shape index (κ2) is 14.6. The van der Waals surface area contributed by atoms with Crippen LogP contribution in [0.4, 0.5) is 34.3 Å². The Kier molecular flexibility index (Phi) is 8.42. The molecular formula is C64H46BN3O. The van der Waals surface area contributed by atoms with Gasteiger partial charge in [-0.05, 0) is 157 Å². The van der Waals surface area contributed by atoms with Gasteiger partial charge in [-0.25, -0.2) is 0 Å². The molecule has 10 aromatic rings. The lowest BCUT2D eigenvalue weighted by Gasteiger charge is -2.45. The third kappa shape index (κ3) is 5.88. The monoisotopic (exact) mass is 883 g/mol. The molecule has 3 aliphatic heterocycles. The van der Waals surface area contributed by atoms with Gasteiger partial charge >= 0.3 is 0 Å². The second-order valence-corrected chi connectivity index (χ2v) is 20.3. The Hall–Kier alpha value is -8.33. The fraction of sp³-hybridized carbons (Fsp3) is 0.109. The molecule has 14 rings (SSSR count). The molecule has 69 heavy (non-hydrogen) atoms. The molecule has 4 heterocycles. The minimum Gasteiger partial charge on any atom is -0.440 e. The zero-order valence-electron chi connectivity index (χ0n) is 38.8. The predicted molar refractivity (Wildman–Crippen MR) is 285 cm³/mol. The first-order valence-corrected chi connectivity index (χ1v) is 24.2. The number of fused-ring (bicyclic) bond motifs is 5. The summed E-state index contributed by atoms with van der Waals surface area (Å²) in [4.78, 5) is 4.89. The topological polar surface area (TPSA) is 43.4 Å². The summed E-state index contributed by atoms with van der Waals surface area (Å²) < 4.78 is 7.51. The van der Waals surface area contributed by atoms with Crippen LogP contribution >= 0.6 is 0 Å².